The van der Waals surface area contributed by atoms with Gasteiger partial charge in [-0.25, -0.2) is 4.99 Å². The fourth-order valence-corrected chi connectivity index (χ4v) is 7.18. The molecule has 5 nitrogen and oxygen atoms in total. The molecule has 3 aromatic heterocycles. The molecule has 0 N–H and O–H groups in total. The van der Waals surface area contributed by atoms with Gasteiger partial charge in [0.25, 0.3) is 5.56 Å². The van der Waals surface area contributed by atoms with Gasteiger partial charge in [-0.15, -0.1) is 0 Å². The standard InChI is InChI=1S/C32H25BrN4OS/c1-19-16-23(20(2)36(19)25-7-5-15-34-18-25)17-28-31(38)37-30(22-9-12-24(33)13-10-22)27-14-11-21-6-3-4-8-26(21)29(27)35-32(37)39-28/h3-10,12-13,15-18,30H,11,14H2,1-2H3/b28-17-/t30-/m1/s1. The third-order valence-electron chi connectivity index (χ3n) is 7.72. The summed E-state index contributed by atoms with van der Waals surface area (Å²) in [6.07, 6.45) is 7.49. The SMILES string of the molecule is Cc1cc(/C=c2\sc3n(c2=O)[C@H](c2ccc(Br)cc2)C2=C(N=3)c3ccccc3CC2)c(C)n1-c1cccnc1. The molecule has 0 unspecified atom stereocenters. The van der Waals surface area contributed by atoms with E-state index in [4.69, 9.17) is 4.99 Å². The van der Waals surface area contributed by atoms with Crippen LogP contribution in [0.25, 0.3) is 17.5 Å². The van der Waals surface area contributed by atoms with E-state index in [1.165, 1.54) is 28.0 Å². The normalized spacial score (nSPS) is 16.5. The molecule has 0 saturated carbocycles. The van der Waals surface area contributed by atoms with Crippen molar-refractivity contribution in [1.82, 2.24) is 14.1 Å². The van der Waals surface area contributed by atoms with E-state index in [2.05, 4.69) is 93.9 Å². The average molecular weight is 594 g/mol. The lowest BCUT2D eigenvalue weighted by Gasteiger charge is -2.30. The summed E-state index contributed by atoms with van der Waals surface area (Å²) in [6, 6.07) is 22.8. The van der Waals surface area contributed by atoms with E-state index in [1.54, 1.807) is 6.20 Å². The van der Waals surface area contributed by atoms with Gasteiger partial charge in [-0.05, 0) is 85.4 Å². The Hall–Kier alpha value is -3.81. The van der Waals surface area contributed by atoms with Crippen molar-refractivity contribution in [2.45, 2.75) is 32.7 Å². The Morgan fingerprint density at radius 3 is 2.64 bits per heavy atom. The Labute approximate surface area is 238 Å². The molecular formula is C32H25BrN4OS. The molecule has 0 bridgehead atoms. The second-order valence-corrected chi connectivity index (χ2v) is 12.0. The Morgan fingerprint density at radius 2 is 1.85 bits per heavy atom. The van der Waals surface area contributed by atoms with Gasteiger partial charge >= 0.3 is 0 Å². The van der Waals surface area contributed by atoms with Crippen LogP contribution in [0.15, 0.2) is 99.0 Å². The first-order chi connectivity index (χ1) is 19.0. The molecule has 1 aliphatic carbocycles. The van der Waals surface area contributed by atoms with Gasteiger partial charge in [-0.1, -0.05) is 63.7 Å². The first-order valence-corrected chi connectivity index (χ1v) is 14.6. The number of benzene rings is 2. The van der Waals surface area contributed by atoms with Crippen LogP contribution in [0.1, 0.15) is 46.1 Å². The summed E-state index contributed by atoms with van der Waals surface area (Å²) < 4.78 is 5.80. The highest BCUT2D eigenvalue weighted by Gasteiger charge is 2.32. The molecule has 7 heteroatoms. The molecule has 4 heterocycles. The number of allylic oxidation sites excluding steroid dienone is 1. The average Bonchev–Trinajstić information content (AvgIpc) is 3.42. The molecular weight excluding hydrogens is 568 g/mol. The molecule has 39 heavy (non-hydrogen) atoms. The van der Waals surface area contributed by atoms with Crippen molar-refractivity contribution in [3.63, 3.8) is 0 Å². The summed E-state index contributed by atoms with van der Waals surface area (Å²) in [5.41, 5.74) is 10.0. The molecule has 2 aliphatic rings. The van der Waals surface area contributed by atoms with Crippen LogP contribution >= 0.6 is 27.3 Å². The number of fused-ring (bicyclic) bond motifs is 3. The van der Waals surface area contributed by atoms with E-state index in [-0.39, 0.29) is 11.6 Å². The summed E-state index contributed by atoms with van der Waals surface area (Å²) >= 11 is 5.04. The smallest absolute Gasteiger partial charge is 0.271 e. The highest BCUT2D eigenvalue weighted by molar-refractivity contribution is 9.10. The minimum atomic E-state index is -0.178. The number of pyridine rings is 1. The Balaban J connectivity index is 1.45. The number of rotatable bonds is 3. The Morgan fingerprint density at radius 1 is 1.03 bits per heavy atom. The lowest BCUT2D eigenvalue weighted by molar-refractivity contribution is 0.585. The second-order valence-electron chi connectivity index (χ2n) is 10.0. The van der Waals surface area contributed by atoms with E-state index in [0.717, 1.165) is 56.0 Å². The number of hydrogen-bond donors (Lipinski definition) is 0. The van der Waals surface area contributed by atoms with E-state index < -0.39 is 0 Å². The molecule has 0 radical (unpaired) electrons. The number of aryl methyl sites for hydroxylation is 2. The fraction of sp³-hybridized carbons (Fsp3) is 0.156. The number of thiazole rings is 1. The molecule has 5 aromatic rings. The van der Waals surface area contributed by atoms with Crippen LogP contribution in [-0.2, 0) is 6.42 Å². The highest BCUT2D eigenvalue weighted by Crippen LogP contribution is 2.41. The number of hydrogen-bond acceptors (Lipinski definition) is 4. The molecule has 0 fully saturated rings. The van der Waals surface area contributed by atoms with Crippen LogP contribution in [0.5, 0.6) is 0 Å². The van der Waals surface area contributed by atoms with Crippen molar-refractivity contribution in [1.29, 1.82) is 0 Å². The maximum Gasteiger partial charge on any atom is 0.271 e. The molecule has 2 aromatic carbocycles. The zero-order valence-electron chi connectivity index (χ0n) is 21.6. The molecule has 0 amide bonds. The number of aromatic nitrogens is 3. The van der Waals surface area contributed by atoms with Gasteiger partial charge in [0, 0.05) is 27.6 Å². The summed E-state index contributed by atoms with van der Waals surface area (Å²) in [7, 11) is 0. The van der Waals surface area contributed by atoms with Gasteiger partial charge < -0.3 is 4.57 Å². The topological polar surface area (TPSA) is 52.2 Å². The molecule has 1 aliphatic heterocycles. The first-order valence-electron chi connectivity index (χ1n) is 13.0. The second kappa shape index (κ2) is 9.43. The number of nitrogens with zero attached hydrogens (tertiary/aromatic N) is 4. The predicted molar refractivity (Wildman–Crippen MR) is 160 cm³/mol. The van der Waals surface area contributed by atoms with Crippen molar-refractivity contribution < 1.29 is 0 Å². The molecule has 7 rings (SSSR count). The van der Waals surface area contributed by atoms with Crippen LogP contribution in [0, 0.1) is 13.8 Å². The largest absolute Gasteiger partial charge is 0.316 e. The molecule has 1 atom stereocenters. The van der Waals surface area contributed by atoms with Crippen molar-refractivity contribution in [2.75, 3.05) is 0 Å². The molecule has 0 spiro atoms. The van der Waals surface area contributed by atoms with Gasteiger partial charge in [-0.3, -0.25) is 14.3 Å². The van der Waals surface area contributed by atoms with Gasteiger partial charge in [-0.2, -0.15) is 0 Å². The fourth-order valence-electron chi connectivity index (χ4n) is 5.93. The van der Waals surface area contributed by atoms with Gasteiger partial charge in [0.1, 0.15) is 0 Å². The van der Waals surface area contributed by atoms with Gasteiger partial charge in [0.05, 0.1) is 28.2 Å². The summed E-state index contributed by atoms with van der Waals surface area (Å²) in [6.45, 7) is 4.17. The highest BCUT2D eigenvalue weighted by atomic mass is 79.9. The van der Waals surface area contributed by atoms with Crippen molar-refractivity contribution in [3.05, 3.63) is 142 Å². The van der Waals surface area contributed by atoms with Crippen LogP contribution < -0.4 is 14.9 Å². The number of halogens is 1. The minimum absolute atomic E-state index is 0.00302. The maximum atomic E-state index is 14.1. The molecule has 192 valence electrons. The lowest BCUT2D eigenvalue weighted by Crippen LogP contribution is -2.38. The predicted octanol–water partition coefficient (Wildman–Crippen LogP) is 5.88. The Kier molecular flexibility index (Phi) is 5.86. The summed E-state index contributed by atoms with van der Waals surface area (Å²) in [5.74, 6) is 0. The summed E-state index contributed by atoms with van der Waals surface area (Å²) in [5, 5.41) is 0. The lowest BCUT2D eigenvalue weighted by atomic mass is 9.83. The van der Waals surface area contributed by atoms with Crippen LogP contribution in [0.3, 0.4) is 0 Å². The first kappa shape index (κ1) is 24.2. The van der Waals surface area contributed by atoms with E-state index >= 15 is 0 Å². The van der Waals surface area contributed by atoms with Crippen molar-refractivity contribution in [3.8, 4) is 5.69 Å². The summed E-state index contributed by atoms with van der Waals surface area (Å²) in [4.78, 5) is 24.3. The zero-order valence-corrected chi connectivity index (χ0v) is 24.0. The third-order valence-corrected chi connectivity index (χ3v) is 9.23. The monoisotopic (exact) mass is 592 g/mol. The van der Waals surface area contributed by atoms with Crippen molar-refractivity contribution in [2.24, 2.45) is 4.99 Å². The van der Waals surface area contributed by atoms with E-state index in [9.17, 15) is 4.79 Å². The zero-order chi connectivity index (χ0) is 26.7. The van der Waals surface area contributed by atoms with Gasteiger partial charge in [0.15, 0.2) is 4.80 Å². The van der Waals surface area contributed by atoms with Crippen LogP contribution in [0.4, 0.5) is 0 Å². The minimum Gasteiger partial charge on any atom is -0.316 e. The quantitative estimate of drug-likeness (QED) is 0.262. The third kappa shape index (κ3) is 3.99. The van der Waals surface area contributed by atoms with Crippen LogP contribution in [0.2, 0.25) is 0 Å². The van der Waals surface area contributed by atoms with Gasteiger partial charge in [0.2, 0.25) is 0 Å². The van der Waals surface area contributed by atoms with E-state index in [1.807, 2.05) is 29.0 Å². The van der Waals surface area contributed by atoms with Crippen molar-refractivity contribution >= 4 is 39.0 Å². The maximum absolute atomic E-state index is 14.1. The molecule has 0 saturated heterocycles. The van der Waals surface area contributed by atoms with E-state index in [0.29, 0.717) is 4.53 Å². The van der Waals surface area contributed by atoms with Crippen LogP contribution in [-0.4, -0.2) is 14.1 Å². The Bertz CT molecular complexity index is 1960.